The van der Waals surface area contributed by atoms with Crippen molar-refractivity contribution in [1.82, 2.24) is 10.3 Å². The van der Waals surface area contributed by atoms with Crippen molar-refractivity contribution >= 4 is 17.5 Å². The number of carbonyl (C=O) groups is 2. The molecular weight excluding hydrogens is 375 g/mol. The summed E-state index contributed by atoms with van der Waals surface area (Å²) in [6.07, 6.45) is -4.55. The van der Waals surface area contributed by atoms with Crippen LogP contribution in [0.5, 0.6) is 5.75 Å². The predicted molar refractivity (Wildman–Crippen MR) is 95.2 cm³/mol. The molecule has 0 aromatic heterocycles. The quantitative estimate of drug-likeness (QED) is 0.819. The summed E-state index contributed by atoms with van der Waals surface area (Å²) in [6, 6.07) is 12.1. The summed E-state index contributed by atoms with van der Waals surface area (Å²) in [6.45, 7) is 1.51. The number of fused-ring (bicyclic) bond motifs is 1. The van der Waals surface area contributed by atoms with Gasteiger partial charge in [0, 0.05) is 0 Å². The third-order valence-electron chi connectivity index (χ3n) is 4.21. The van der Waals surface area contributed by atoms with E-state index in [1.54, 1.807) is 6.92 Å². The van der Waals surface area contributed by atoms with Crippen molar-refractivity contribution in [1.29, 1.82) is 0 Å². The fraction of sp³-hybridized carbons (Fsp3) is 0.263. The molecule has 2 N–H and O–H groups in total. The van der Waals surface area contributed by atoms with Crippen LogP contribution in [0.3, 0.4) is 0 Å². The van der Waals surface area contributed by atoms with Gasteiger partial charge in [-0.1, -0.05) is 30.3 Å². The predicted octanol–water partition coefficient (Wildman–Crippen LogP) is 3.17. The molecule has 3 rings (SSSR count). The number of halogens is 3. The van der Waals surface area contributed by atoms with Crippen molar-refractivity contribution in [2.45, 2.75) is 25.7 Å². The van der Waals surface area contributed by atoms with Gasteiger partial charge in [-0.2, -0.15) is 0 Å². The lowest BCUT2D eigenvalue weighted by Crippen LogP contribution is -2.47. The monoisotopic (exact) mass is 393 g/mol. The molecule has 0 spiro atoms. The van der Waals surface area contributed by atoms with Crippen LogP contribution < -0.4 is 15.5 Å². The standard InChI is InChI=1S/C19H18F3N3O3/c1-12(13-6-8-15(9-7-13)28-19(20,21)22)23-17(26)11-25-18(27)10-14-4-2-3-5-16(14)24-25/h2-9,12,24H,10-11H2,1H3,(H,23,26)/t12-/m0/s1. The highest BCUT2D eigenvalue weighted by atomic mass is 19.4. The minimum absolute atomic E-state index is 0.188. The van der Waals surface area contributed by atoms with Gasteiger partial charge in [0.15, 0.2) is 0 Å². The first kappa shape index (κ1) is 19.5. The van der Waals surface area contributed by atoms with Crippen LogP contribution in [0, 0.1) is 0 Å². The minimum atomic E-state index is -4.76. The maximum atomic E-state index is 12.3. The Balaban J connectivity index is 1.57. The van der Waals surface area contributed by atoms with E-state index >= 15 is 0 Å². The Labute approximate surface area is 159 Å². The summed E-state index contributed by atoms with van der Waals surface area (Å²) in [5, 5.41) is 3.96. The first-order valence-electron chi connectivity index (χ1n) is 8.51. The van der Waals surface area contributed by atoms with Crippen LogP contribution in [0.4, 0.5) is 18.9 Å². The summed E-state index contributed by atoms with van der Waals surface area (Å²) < 4.78 is 40.4. The van der Waals surface area contributed by atoms with Gasteiger partial charge in [0.1, 0.15) is 12.3 Å². The molecule has 0 unspecified atom stereocenters. The average molecular weight is 393 g/mol. The number of hydrogen-bond acceptors (Lipinski definition) is 4. The van der Waals surface area contributed by atoms with Crippen LogP contribution in [0.1, 0.15) is 24.1 Å². The molecule has 0 saturated heterocycles. The van der Waals surface area contributed by atoms with Crippen molar-refractivity contribution in [3.63, 3.8) is 0 Å². The van der Waals surface area contributed by atoms with Gasteiger partial charge in [-0.05, 0) is 36.2 Å². The van der Waals surface area contributed by atoms with E-state index in [-0.39, 0.29) is 24.6 Å². The molecule has 0 saturated carbocycles. The Morgan fingerprint density at radius 2 is 1.89 bits per heavy atom. The highest BCUT2D eigenvalue weighted by molar-refractivity contribution is 5.89. The summed E-state index contributed by atoms with van der Waals surface area (Å²) >= 11 is 0. The zero-order chi connectivity index (χ0) is 20.3. The molecule has 148 valence electrons. The Kier molecular flexibility index (Phi) is 5.43. The SMILES string of the molecule is C[C@H](NC(=O)CN1Nc2ccccc2CC1=O)c1ccc(OC(F)(F)F)cc1. The molecule has 2 amide bonds. The number of rotatable bonds is 5. The average Bonchev–Trinajstić information content (AvgIpc) is 2.61. The number of nitrogens with one attached hydrogen (secondary N) is 2. The Morgan fingerprint density at radius 3 is 2.57 bits per heavy atom. The number of nitrogens with zero attached hydrogens (tertiary/aromatic N) is 1. The largest absolute Gasteiger partial charge is 0.573 e. The molecule has 9 heteroatoms. The van der Waals surface area contributed by atoms with Gasteiger partial charge in [0.25, 0.3) is 0 Å². The van der Waals surface area contributed by atoms with Crippen LogP contribution in [0.2, 0.25) is 0 Å². The number of ether oxygens (including phenoxy) is 1. The smallest absolute Gasteiger partial charge is 0.406 e. The Morgan fingerprint density at radius 1 is 1.21 bits per heavy atom. The number of hydrazine groups is 1. The lowest BCUT2D eigenvalue weighted by Gasteiger charge is -2.30. The maximum absolute atomic E-state index is 12.3. The van der Waals surface area contributed by atoms with Crippen molar-refractivity contribution in [2.24, 2.45) is 0 Å². The molecule has 1 heterocycles. The number of benzene rings is 2. The van der Waals surface area contributed by atoms with Gasteiger partial charge >= 0.3 is 6.36 Å². The van der Waals surface area contributed by atoms with Gasteiger partial charge in [0.05, 0.1) is 18.2 Å². The summed E-state index contributed by atoms with van der Waals surface area (Å²) in [7, 11) is 0. The third-order valence-corrected chi connectivity index (χ3v) is 4.21. The van der Waals surface area contributed by atoms with E-state index in [0.717, 1.165) is 11.3 Å². The van der Waals surface area contributed by atoms with E-state index in [1.165, 1.54) is 29.3 Å². The number of amides is 2. The number of anilines is 1. The zero-order valence-electron chi connectivity index (χ0n) is 14.9. The van der Waals surface area contributed by atoms with Crippen molar-refractivity contribution in [3.05, 3.63) is 59.7 Å². The van der Waals surface area contributed by atoms with E-state index in [4.69, 9.17) is 0 Å². The van der Waals surface area contributed by atoms with Crippen LogP contribution in [-0.4, -0.2) is 29.7 Å². The van der Waals surface area contributed by atoms with E-state index in [0.29, 0.717) is 5.56 Å². The van der Waals surface area contributed by atoms with E-state index in [2.05, 4.69) is 15.5 Å². The molecule has 2 aromatic carbocycles. The zero-order valence-corrected chi connectivity index (χ0v) is 14.9. The first-order chi connectivity index (χ1) is 13.2. The van der Waals surface area contributed by atoms with Crippen LogP contribution >= 0.6 is 0 Å². The highest BCUT2D eigenvalue weighted by Gasteiger charge is 2.31. The fourth-order valence-corrected chi connectivity index (χ4v) is 2.85. The van der Waals surface area contributed by atoms with Crippen LogP contribution in [-0.2, 0) is 16.0 Å². The topological polar surface area (TPSA) is 70.7 Å². The molecule has 2 aromatic rings. The Bertz CT molecular complexity index is 869. The van der Waals surface area contributed by atoms with Crippen molar-refractivity contribution in [3.8, 4) is 5.75 Å². The molecule has 0 aliphatic carbocycles. The second-order valence-corrected chi connectivity index (χ2v) is 6.33. The number of carbonyl (C=O) groups excluding carboxylic acids is 2. The second-order valence-electron chi connectivity index (χ2n) is 6.33. The summed E-state index contributed by atoms with van der Waals surface area (Å²) in [5.74, 6) is -0.963. The van der Waals surface area contributed by atoms with Gasteiger partial charge in [-0.3, -0.25) is 15.0 Å². The maximum Gasteiger partial charge on any atom is 0.573 e. The minimum Gasteiger partial charge on any atom is -0.406 e. The second kappa shape index (κ2) is 7.79. The molecule has 1 atom stereocenters. The molecule has 6 nitrogen and oxygen atoms in total. The van der Waals surface area contributed by atoms with Crippen LogP contribution in [0.15, 0.2) is 48.5 Å². The molecule has 28 heavy (non-hydrogen) atoms. The van der Waals surface area contributed by atoms with Crippen molar-refractivity contribution in [2.75, 3.05) is 12.0 Å². The normalized spacial score (nSPS) is 14.7. The molecule has 0 bridgehead atoms. The highest BCUT2D eigenvalue weighted by Crippen LogP contribution is 2.25. The summed E-state index contributed by atoms with van der Waals surface area (Å²) in [5.41, 5.74) is 5.15. The molecule has 0 radical (unpaired) electrons. The lowest BCUT2D eigenvalue weighted by molar-refractivity contribution is -0.274. The fourth-order valence-electron chi connectivity index (χ4n) is 2.85. The van der Waals surface area contributed by atoms with Crippen LogP contribution in [0.25, 0.3) is 0 Å². The van der Waals surface area contributed by atoms with E-state index < -0.39 is 18.3 Å². The number of hydrogen-bond donors (Lipinski definition) is 2. The third kappa shape index (κ3) is 4.93. The number of para-hydroxylation sites is 1. The van der Waals surface area contributed by atoms with Crippen molar-refractivity contribution < 1.29 is 27.5 Å². The molecular formula is C19H18F3N3O3. The van der Waals surface area contributed by atoms with E-state index in [9.17, 15) is 22.8 Å². The lowest BCUT2D eigenvalue weighted by atomic mass is 10.1. The van der Waals surface area contributed by atoms with Gasteiger partial charge in [-0.25, -0.2) is 5.01 Å². The van der Waals surface area contributed by atoms with Gasteiger partial charge in [0.2, 0.25) is 11.8 Å². The first-order valence-corrected chi connectivity index (χ1v) is 8.51. The van der Waals surface area contributed by atoms with E-state index in [1.807, 2.05) is 24.3 Å². The van der Waals surface area contributed by atoms with Gasteiger partial charge < -0.3 is 10.1 Å². The molecule has 0 fully saturated rings. The van der Waals surface area contributed by atoms with Gasteiger partial charge in [-0.15, -0.1) is 13.2 Å². The Hall–Kier alpha value is -3.23. The summed E-state index contributed by atoms with van der Waals surface area (Å²) in [4.78, 5) is 24.5. The number of alkyl halides is 3. The molecule has 1 aliphatic heterocycles. The molecule has 1 aliphatic rings.